The van der Waals surface area contributed by atoms with Crippen LogP contribution in [0.4, 0.5) is 0 Å². The predicted octanol–water partition coefficient (Wildman–Crippen LogP) is 4.37. The number of carbonyl (C=O) groups excluding carboxylic acids is 2. The molecule has 5 rings (SSSR count). The molecule has 0 radical (unpaired) electrons. The lowest BCUT2D eigenvalue weighted by atomic mass is 10.1. The first-order chi connectivity index (χ1) is 18.0. The van der Waals surface area contributed by atoms with Crippen molar-refractivity contribution in [2.75, 3.05) is 45.9 Å². The lowest BCUT2D eigenvalue weighted by molar-refractivity contribution is -0.138. The van der Waals surface area contributed by atoms with Crippen molar-refractivity contribution in [2.24, 2.45) is 0 Å². The molecule has 2 aliphatic rings. The summed E-state index contributed by atoms with van der Waals surface area (Å²) in [7, 11) is 0. The number of nitrogens with one attached hydrogen (secondary N) is 1. The van der Waals surface area contributed by atoms with Gasteiger partial charge in [-0.1, -0.05) is 47.5 Å². The molecule has 0 spiro atoms. The molecule has 0 atom stereocenters. The maximum Gasteiger partial charge on any atom is 0.237 e. The number of para-hydroxylation sites is 1. The van der Waals surface area contributed by atoms with Crippen LogP contribution in [0, 0.1) is 0 Å². The van der Waals surface area contributed by atoms with E-state index in [1.54, 1.807) is 6.07 Å². The van der Waals surface area contributed by atoms with Crippen molar-refractivity contribution in [3.63, 3.8) is 0 Å². The van der Waals surface area contributed by atoms with Gasteiger partial charge in [0.1, 0.15) is 0 Å². The van der Waals surface area contributed by atoms with Crippen LogP contribution in [0.25, 0.3) is 10.9 Å². The van der Waals surface area contributed by atoms with Crippen LogP contribution in [-0.2, 0) is 27.3 Å². The fraction of sp³-hybridized carbons (Fsp3) is 0.429. The summed E-state index contributed by atoms with van der Waals surface area (Å²) in [6.45, 7) is 3.82. The van der Waals surface area contributed by atoms with E-state index in [4.69, 9.17) is 27.9 Å². The first-order valence-electron chi connectivity index (χ1n) is 12.8. The van der Waals surface area contributed by atoms with Gasteiger partial charge in [-0.3, -0.25) is 14.5 Å². The molecular weight excluding hydrogens is 511 g/mol. The predicted molar refractivity (Wildman–Crippen MR) is 146 cm³/mol. The first kappa shape index (κ1) is 26.0. The molecule has 37 heavy (non-hydrogen) atoms. The normalized spacial score (nSPS) is 15.9. The van der Waals surface area contributed by atoms with Crippen molar-refractivity contribution in [3.8, 4) is 0 Å². The monoisotopic (exact) mass is 542 g/mol. The molecule has 1 aromatic heterocycles. The lowest BCUT2D eigenvalue weighted by Crippen LogP contribution is -2.49. The van der Waals surface area contributed by atoms with Crippen molar-refractivity contribution in [1.82, 2.24) is 19.7 Å². The second-order valence-corrected chi connectivity index (χ2v) is 10.6. The third kappa shape index (κ3) is 6.65. The Bertz CT molecular complexity index is 1250. The summed E-state index contributed by atoms with van der Waals surface area (Å²) < 4.78 is 5.38. The van der Waals surface area contributed by atoms with Crippen molar-refractivity contribution in [3.05, 3.63) is 69.8 Å². The lowest BCUT2D eigenvalue weighted by Gasteiger charge is -2.31. The number of morpholine rings is 1. The van der Waals surface area contributed by atoms with Crippen LogP contribution >= 0.6 is 23.2 Å². The van der Waals surface area contributed by atoms with Gasteiger partial charge in [0.2, 0.25) is 11.8 Å². The largest absolute Gasteiger partial charge is 0.378 e. The molecule has 2 aromatic carbocycles. The molecule has 2 fully saturated rings. The molecule has 0 bridgehead atoms. The highest BCUT2D eigenvalue weighted by Gasteiger charge is 2.34. The number of hydrogen-bond donors (Lipinski definition) is 1. The Labute approximate surface area is 227 Å². The number of aromatic nitrogens is 1. The molecule has 1 aliphatic heterocycles. The van der Waals surface area contributed by atoms with Crippen molar-refractivity contribution in [2.45, 2.75) is 31.8 Å². The zero-order valence-corrected chi connectivity index (χ0v) is 22.3. The number of H-pyrrole nitrogens is 1. The van der Waals surface area contributed by atoms with Crippen molar-refractivity contribution >= 4 is 45.9 Å². The van der Waals surface area contributed by atoms with E-state index in [0.29, 0.717) is 55.9 Å². The van der Waals surface area contributed by atoms with Gasteiger partial charge in [0.15, 0.2) is 0 Å². The van der Waals surface area contributed by atoms with E-state index >= 15 is 0 Å². The quantitative estimate of drug-likeness (QED) is 0.413. The Morgan fingerprint density at radius 2 is 1.81 bits per heavy atom. The third-order valence-corrected chi connectivity index (χ3v) is 7.88. The molecular formula is C28H32Cl2N4O3. The minimum absolute atomic E-state index is 0.00703. The number of halogens is 2. The number of hydrogen-bond acceptors (Lipinski definition) is 4. The number of ether oxygens (including phenoxy) is 1. The van der Waals surface area contributed by atoms with Crippen LogP contribution in [0.2, 0.25) is 10.0 Å². The molecule has 2 amide bonds. The van der Waals surface area contributed by atoms with Crippen LogP contribution in [0.1, 0.15) is 24.0 Å². The van der Waals surface area contributed by atoms with Gasteiger partial charge in [-0.15, -0.1) is 0 Å². The molecule has 9 heteroatoms. The molecule has 1 saturated heterocycles. The van der Waals surface area contributed by atoms with Crippen molar-refractivity contribution < 1.29 is 14.3 Å². The summed E-state index contributed by atoms with van der Waals surface area (Å²) in [5, 5.41) is 2.13. The number of carbonyl (C=O) groups is 2. The Morgan fingerprint density at radius 3 is 2.57 bits per heavy atom. The molecule has 7 nitrogen and oxygen atoms in total. The summed E-state index contributed by atoms with van der Waals surface area (Å²) in [6.07, 6.45) is 4.77. The van der Waals surface area contributed by atoms with Crippen molar-refractivity contribution in [1.29, 1.82) is 0 Å². The average Bonchev–Trinajstić information content (AvgIpc) is 3.68. The van der Waals surface area contributed by atoms with E-state index in [-0.39, 0.29) is 30.9 Å². The number of aromatic amines is 1. The van der Waals surface area contributed by atoms with Gasteiger partial charge in [0.25, 0.3) is 0 Å². The van der Waals surface area contributed by atoms with Crippen LogP contribution < -0.4 is 0 Å². The van der Waals surface area contributed by atoms with Crippen LogP contribution in [-0.4, -0.2) is 83.5 Å². The van der Waals surface area contributed by atoms with Gasteiger partial charge in [0.05, 0.1) is 36.3 Å². The van der Waals surface area contributed by atoms with Gasteiger partial charge in [-0.25, -0.2) is 0 Å². The third-order valence-electron chi connectivity index (χ3n) is 7.14. The number of benzene rings is 2. The number of amides is 2. The highest BCUT2D eigenvalue weighted by atomic mass is 35.5. The standard InChI is InChI=1S/C28H32Cl2N4O3/c29-24-8-5-20(15-25(24)30)17-33(10-9-21-16-31-26-4-2-1-3-23(21)26)28(36)19-34(22-6-7-22)18-27(35)32-11-13-37-14-12-32/h1-5,8,15-16,22,31H,6-7,9-14,17-19H2. The smallest absolute Gasteiger partial charge is 0.237 e. The summed E-state index contributed by atoms with van der Waals surface area (Å²) in [4.78, 5) is 35.7. The summed E-state index contributed by atoms with van der Waals surface area (Å²) in [5.41, 5.74) is 3.18. The first-order valence-corrected chi connectivity index (χ1v) is 13.6. The van der Waals surface area contributed by atoms with E-state index in [9.17, 15) is 9.59 Å². The van der Waals surface area contributed by atoms with E-state index in [2.05, 4.69) is 17.1 Å². The van der Waals surface area contributed by atoms with E-state index in [0.717, 1.165) is 23.9 Å². The van der Waals surface area contributed by atoms with Gasteiger partial charge in [-0.2, -0.15) is 0 Å². The Kier molecular flexibility index (Phi) is 8.35. The summed E-state index contributed by atoms with van der Waals surface area (Å²) in [6, 6.07) is 13.9. The number of fused-ring (bicyclic) bond motifs is 1. The van der Waals surface area contributed by atoms with E-state index < -0.39 is 0 Å². The van der Waals surface area contributed by atoms with Crippen LogP contribution in [0.3, 0.4) is 0 Å². The molecule has 2 heterocycles. The zero-order valence-electron chi connectivity index (χ0n) is 20.8. The Hall–Kier alpha value is -2.58. The maximum absolute atomic E-state index is 13.7. The molecule has 3 aromatic rings. The van der Waals surface area contributed by atoms with E-state index in [1.807, 2.05) is 45.2 Å². The second kappa shape index (κ2) is 11.9. The molecule has 1 saturated carbocycles. The summed E-state index contributed by atoms with van der Waals surface area (Å²) >= 11 is 12.4. The molecule has 1 N–H and O–H groups in total. The molecule has 1 aliphatic carbocycles. The van der Waals surface area contributed by atoms with Crippen LogP contribution in [0.15, 0.2) is 48.7 Å². The molecule has 196 valence electrons. The van der Waals surface area contributed by atoms with Gasteiger partial charge >= 0.3 is 0 Å². The number of nitrogens with zero attached hydrogens (tertiary/aromatic N) is 3. The topological polar surface area (TPSA) is 68.9 Å². The van der Waals surface area contributed by atoms with Gasteiger partial charge in [0, 0.05) is 49.3 Å². The Balaban J connectivity index is 1.30. The molecule has 0 unspecified atom stereocenters. The second-order valence-electron chi connectivity index (χ2n) is 9.80. The fourth-order valence-corrected chi connectivity index (χ4v) is 5.18. The average molecular weight is 543 g/mol. The number of rotatable bonds is 10. The highest BCUT2D eigenvalue weighted by Crippen LogP contribution is 2.28. The maximum atomic E-state index is 13.7. The minimum atomic E-state index is 0.00703. The SMILES string of the molecule is O=C(CN(CC(=O)N(CCc1c[nH]c2ccccc12)Cc1ccc(Cl)c(Cl)c1)C1CC1)N1CCOCC1. The fourth-order valence-electron chi connectivity index (χ4n) is 4.86. The Morgan fingerprint density at radius 1 is 1.03 bits per heavy atom. The van der Waals surface area contributed by atoms with Gasteiger partial charge in [-0.05, 0) is 48.6 Å². The summed E-state index contributed by atoms with van der Waals surface area (Å²) in [5.74, 6) is 0.0745. The highest BCUT2D eigenvalue weighted by molar-refractivity contribution is 6.42. The minimum Gasteiger partial charge on any atom is -0.378 e. The zero-order chi connectivity index (χ0) is 25.8. The van der Waals surface area contributed by atoms with Crippen LogP contribution in [0.5, 0.6) is 0 Å². The van der Waals surface area contributed by atoms with Gasteiger partial charge < -0.3 is 19.5 Å². The van der Waals surface area contributed by atoms with E-state index in [1.165, 1.54) is 10.9 Å².